The zero-order valence-electron chi connectivity index (χ0n) is 16.4. The normalized spacial score (nSPS) is 13.2. The van der Waals surface area contributed by atoms with E-state index in [9.17, 15) is 13.2 Å². The third kappa shape index (κ3) is 3.93. The number of nitrogens with zero attached hydrogens (tertiary/aromatic N) is 1. The monoisotopic (exact) mass is 440 g/mol. The summed E-state index contributed by atoms with van der Waals surface area (Å²) in [4.78, 5) is 12.6. The van der Waals surface area contributed by atoms with Crippen molar-refractivity contribution >= 4 is 33.2 Å². The van der Waals surface area contributed by atoms with Crippen LogP contribution in [0.2, 0.25) is 5.02 Å². The fraction of sp³-hybridized carbons (Fsp3) is 0.174. The molecular weight excluding hydrogens is 420 g/mol. The molecule has 0 saturated carbocycles. The molecule has 0 fully saturated rings. The Labute approximate surface area is 181 Å². The third-order valence-electron chi connectivity index (χ3n) is 5.18. The van der Waals surface area contributed by atoms with Crippen LogP contribution in [0.1, 0.15) is 27.0 Å². The molecule has 0 spiro atoms. The van der Waals surface area contributed by atoms with E-state index in [1.807, 2.05) is 49.4 Å². The molecular formula is C23H21ClN2O3S. The second-order valence-electron chi connectivity index (χ2n) is 7.27. The van der Waals surface area contributed by atoms with Crippen LogP contribution in [-0.2, 0) is 23.0 Å². The quantitative estimate of drug-likeness (QED) is 0.642. The van der Waals surface area contributed by atoms with E-state index in [-0.39, 0.29) is 21.4 Å². The van der Waals surface area contributed by atoms with E-state index in [0.29, 0.717) is 25.2 Å². The number of carbonyl (C=O) groups excluding carboxylic acids is 1. The van der Waals surface area contributed by atoms with E-state index in [1.54, 1.807) is 6.07 Å². The highest BCUT2D eigenvalue weighted by Crippen LogP contribution is 2.35. The molecule has 30 heavy (non-hydrogen) atoms. The van der Waals surface area contributed by atoms with Gasteiger partial charge in [0, 0.05) is 18.7 Å². The fourth-order valence-corrected chi connectivity index (χ4v) is 5.52. The summed E-state index contributed by atoms with van der Waals surface area (Å²) in [6.07, 6.45) is 0.643. The number of amides is 1. The first kappa shape index (κ1) is 20.4. The van der Waals surface area contributed by atoms with Gasteiger partial charge in [-0.1, -0.05) is 59.6 Å². The number of sulfonamides is 1. The molecule has 0 radical (unpaired) electrons. The number of fused-ring (bicyclic) bond motifs is 1. The number of hydrogen-bond donors (Lipinski definition) is 1. The molecule has 4 rings (SSSR count). The van der Waals surface area contributed by atoms with E-state index in [0.717, 1.165) is 16.7 Å². The van der Waals surface area contributed by atoms with Gasteiger partial charge in [0.2, 0.25) is 0 Å². The van der Waals surface area contributed by atoms with E-state index < -0.39 is 10.0 Å². The van der Waals surface area contributed by atoms with Crippen LogP contribution in [0.3, 0.4) is 0 Å². The molecule has 1 aliphatic heterocycles. The van der Waals surface area contributed by atoms with Crippen LogP contribution in [0.15, 0.2) is 71.6 Å². The van der Waals surface area contributed by atoms with Crippen LogP contribution >= 0.6 is 11.6 Å². The van der Waals surface area contributed by atoms with Crippen molar-refractivity contribution in [3.63, 3.8) is 0 Å². The molecule has 3 aromatic carbocycles. The summed E-state index contributed by atoms with van der Waals surface area (Å²) in [7, 11) is -3.89. The Morgan fingerprint density at radius 3 is 2.57 bits per heavy atom. The van der Waals surface area contributed by atoms with Crippen molar-refractivity contribution in [1.82, 2.24) is 5.32 Å². The van der Waals surface area contributed by atoms with Gasteiger partial charge in [-0.05, 0) is 48.7 Å². The first-order valence-corrected chi connectivity index (χ1v) is 11.4. The molecule has 0 saturated heterocycles. The maximum atomic E-state index is 13.3. The van der Waals surface area contributed by atoms with Crippen molar-refractivity contribution < 1.29 is 13.2 Å². The van der Waals surface area contributed by atoms with Gasteiger partial charge in [-0.15, -0.1) is 0 Å². The number of hydrogen-bond acceptors (Lipinski definition) is 3. The second kappa shape index (κ2) is 8.13. The Morgan fingerprint density at radius 2 is 1.80 bits per heavy atom. The molecule has 1 heterocycles. The maximum absolute atomic E-state index is 13.3. The number of aryl methyl sites for hydroxylation is 1. The van der Waals surface area contributed by atoms with Gasteiger partial charge >= 0.3 is 0 Å². The molecule has 0 atom stereocenters. The van der Waals surface area contributed by atoms with Crippen LogP contribution in [0.5, 0.6) is 0 Å². The van der Waals surface area contributed by atoms with Crippen LogP contribution in [0, 0.1) is 6.92 Å². The minimum atomic E-state index is -3.89. The van der Waals surface area contributed by atoms with Crippen LogP contribution < -0.4 is 9.62 Å². The SMILES string of the molecule is Cc1ccc(CNC(=O)c2ccc(Cl)c(S(=O)(=O)N3CCc4ccccc43)c2)cc1. The predicted molar refractivity (Wildman–Crippen MR) is 118 cm³/mol. The topological polar surface area (TPSA) is 66.5 Å². The van der Waals surface area contributed by atoms with Crippen molar-refractivity contribution in [1.29, 1.82) is 0 Å². The van der Waals surface area contributed by atoms with E-state index in [2.05, 4.69) is 5.32 Å². The number of rotatable bonds is 5. The van der Waals surface area contributed by atoms with Gasteiger partial charge in [0.05, 0.1) is 10.7 Å². The van der Waals surface area contributed by atoms with E-state index in [4.69, 9.17) is 11.6 Å². The molecule has 1 amide bonds. The second-order valence-corrected chi connectivity index (χ2v) is 9.51. The third-order valence-corrected chi connectivity index (χ3v) is 7.47. The Morgan fingerprint density at radius 1 is 1.07 bits per heavy atom. The van der Waals surface area contributed by atoms with Crippen molar-refractivity contribution in [3.05, 3.63) is 94.0 Å². The maximum Gasteiger partial charge on any atom is 0.265 e. The lowest BCUT2D eigenvalue weighted by Crippen LogP contribution is -2.30. The number of carbonyl (C=O) groups is 1. The predicted octanol–water partition coefficient (Wildman–Crippen LogP) is 4.33. The highest BCUT2D eigenvalue weighted by atomic mass is 35.5. The average Bonchev–Trinajstić information content (AvgIpc) is 3.18. The minimum absolute atomic E-state index is 0.0659. The lowest BCUT2D eigenvalue weighted by molar-refractivity contribution is 0.0950. The lowest BCUT2D eigenvalue weighted by Gasteiger charge is -2.20. The lowest BCUT2D eigenvalue weighted by atomic mass is 10.1. The molecule has 0 bridgehead atoms. The van der Waals surface area contributed by atoms with Gasteiger partial charge in [-0.25, -0.2) is 8.42 Å². The van der Waals surface area contributed by atoms with Gasteiger partial charge < -0.3 is 5.32 Å². The molecule has 3 aromatic rings. The molecule has 0 unspecified atom stereocenters. The zero-order valence-corrected chi connectivity index (χ0v) is 18.0. The highest BCUT2D eigenvalue weighted by molar-refractivity contribution is 7.93. The first-order chi connectivity index (χ1) is 14.4. The Kier molecular flexibility index (Phi) is 5.54. The molecule has 154 valence electrons. The van der Waals surface area contributed by atoms with Crippen molar-refractivity contribution in [2.75, 3.05) is 10.8 Å². The fourth-order valence-electron chi connectivity index (χ4n) is 3.51. The average molecular weight is 441 g/mol. The van der Waals surface area contributed by atoms with Crippen LogP contribution in [-0.4, -0.2) is 20.9 Å². The number of nitrogens with one attached hydrogen (secondary N) is 1. The number of para-hydroxylation sites is 1. The van der Waals surface area contributed by atoms with E-state index in [1.165, 1.54) is 22.5 Å². The molecule has 1 aliphatic rings. The van der Waals surface area contributed by atoms with Crippen molar-refractivity contribution in [2.45, 2.75) is 24.8 Å². The van der Waals surface area contributed by atoms with Crippen molar-refractivity contribution in [2.24, 2.45) is 0 Å². The molecule has 1 N–H and O–H groups in total. The summed E-state index contributed by atoms with van der Waals surface area (Å²) in [6.45, 7) is 2.70. The van der Waals surface area contributed by atoms with E-state index >= 15 is 0 Å². The van der Waals surface area contributed by atoms with Gasteiger partial charge in [-0.3, -0.25) is 9.10 Å². The van der Waals surface area contributed by atoms with Crippen molar-refractivity contribution in [3.8, 4) is 0 Å². The molecule has 0 aliphatic carbocycles. The number of benzene rings is 3. The molecule has 5 nitrogen and oxygen atoms in total. The smallest absolute Gasteiger partial charge is 0.265 e. The standard InChI is InChI=1S/C23H21ClN2O3S/c1-16-6-8-17(9-7-16)15-25-23(27)19-10-11-20(24)22(14-19)30(28,29)26-13-12-18-4-2-3-5-21(18)26/h2-11,14H,12-13,15H2,1H3,(H,25,27). The summed E-state index contributed by atoms with van der Waals surface area (Å²) in [5.41, 5.74) is 3.98. The summed E-state index contributed by atoms with van der Waals surface area (Å²) >= 11 is 6.24. The Hall–Kier alpha value is -2.83. The van der Waals surface area contributed by atoms with Gasteiger partial charge in [-0.2, -0.15) is 0 Å². The zero-order chi connectivity index (χ0) is 21.3. The Bertz CT molecular complexity index is 1210. The first-order valence-electron chi connectivity index (χ1n) is 9.60. The van der Waals surface area contributed by atoms with Crippen LogP contribution in [0.25, 0.3) is 0 Å². The summed E-state index contributed by atoms with van der Waals surface area (Å²) in [6, 6.07) is 19.6. The summed E-state index contributed by atoms with van der Waals surface area (Å²) in [5.74, 6) is -0.356. The minimum Gasteiger partial charge on any atom is -0.348 e. The Balaban J connectivity index is 1.58. The number of anilines is 1. The van der Waals surface area contributed by atoms with Gasteiger partial charge in [0.1, 0.15) is 4.90 Å². The molecule has 7 heteroatoms. The van der Waals surface area contributed by atoms with Gasteiger partial charge in [0.25, 0.3) is 15.9 Å². The summed E-state index contributed by atoms with van der Waals surface area (Å²) in [5, 5.41) is 2.92. The van der Waals surface area contributed by atoms with Crippen LogP contribution in [0.4, 0.5) is 5.69 Å². The van der Waals surface area contributed by atoms with Gasteiger partial charge in [0.15, 0.2) is 0 Å². The number of halogens is 1. The summed E-state index contributed by atoms with van der Waals surface area (Å²) < 4.78 is 28.0. The highest BCUT2D eigenvalue weighted by Gasteiger charge is 2.32. The molecule has 0 aromatic heterocycles. The largest absolute Gasteiger partial charge is 0.348 e.